The molecule has 0 saturated carbocycles. The molecule has 0 aromatic carbocycles. The van der Waals surface area contributed by atoms with E-state index < -0.39 is 42.4 Å². The Balaban J connectivity index is 1.85. The van der Waals surface area contributed by atoms with E-state index in [1.165, 1.54) is 24.4 Å². The third kappa shape index (κ3) is 6.12. The molecule has 136 valence electrons. The number of hydrogen-bond acceptors (Lipinski definition) is 10. The van der Waals surface area contributed by atoms with Crippen LogP contribution >= 0.6 is 24.3 Å². The molecular weight excluding hydrogens is 403 g/mol. The van der Waals surface area contributed by atoms with Gasteiger partial charge in [-0.15, -0.1) is 9.42 Å². The fourth-order valence-electron chi connectivity index (χ4n) is 1.71. The van der Waals surface area contributed by atoms with Gasteiger partial charge in [0.25, 0.3) is 0 Å². The summed E-state index contributed by atoms with van der Waals surface area (Å²) in [4.78, 5) is 32.6. The number of anilines is 1. The lowest BCUT2D eigenvalue weighted by molar-refractivity contribution is -0.00570. The van der Waals surface area contributed by atoms with Gasteiger partial charge in [-0.1, -0.05) is 6.08 Å². The average molecular weight is 415 g/mol. The van der Waals surface area contributed by atoms with Gasteiger partial charge < -0.3 is 10.5 Å². The number of rotatable bonds is 8. The van der Waals surface area contributed by atoms with Gasteiger partial charge in [0.05, 0.1) is 0 Å². The summed E-state index contributed by atoms with van der Waals surface area (Å²) in [6.07, 6.45) is 2.85. The van der Waals surface area contributed by atoms with Gasteiger partial charge in [-0.05, 0) is 12.1 Å². The summed E-state index contributed by atoms with van der Waals surface area (Å²) in [5.74, 6) is 0.0533. The molecule has 0 saturated heterocycles. The molecular formula is C9H12N3O10P3+2. The Hall–Kier alpha value is -1.39. The summed E-state index contributed by atoms with van der Waals surface area (Å²) in [7, 11) is -11.6. The zero-order valence-corrected chi connectivity index (χ0v) is 14.8. The maximum atomic E-state index is 11.7. The second kappa shape index (κ2) is 8.33. The molecule has 0 fully saturated rings. The minimum atomic E-state index is -5.00. The van der Waals surface area contributed by atoms with Crippen molar-refractivity contribution in [1.82, 2.24) is 9.55 Å². The number of phosphoric acid groups is 1. The van der Waals surface area contributed by atoms with Gasteiger partial charge in [-0.25, -0.2) is 9.36 Å². The van der Waals surface area contributed by atoms with E-state index in [0.29, 0.717) is 0 Å². The Morgan fingerprint density at radius 2 is 2.12 bits per heavy atom. The lowest BCUT2D eigenvalue weighted by Crippen LogP contribution is -2.28. The largest absolute Gasteiger partial charge is 0.708 e. The predicted molar refractivity (Wildman–Crippen MR) is 81.3 cm³/mol. The van der Waals surface area contributed by atoms with Gasteiger partial charge in [0.15, 0.2) is 6.23 Å². The monoisotopic (exact) mass is 415 g/mol. The van der Waals surface area contributed by atoms with E-state index in [-0.39, 0.29) is 12.4 Å². The van der Waals surface area contributed by atoms with Crippen LogP contribution in [0.25, 0.3) is 0 Å². The van der Waals surface area contributed by atoms with Gasteiger partial charge in [-0.3, -0.25) is 9.46 Å². The lowest BCUT2D eigenvalue weighted by Gasteiger charge is -2.14. The van der Waals surface area contributed by atoms with E-state index in [0.717, 1.165) is 4.57 Å². The topological polar surface area (TPSA) is 190 Å². The van der Waals surface area contributed by atoms with E-state index in [1.807, 2.05) is 0 Å². The predicted octanol–water partition coefficient (Wildman–Crippen LogP) is 0.736. The average Bonchev–Trinajstić information content (AvgIpc) is 2.91. The van der Waals surface area contributed by atoms with Gasteiger partial charge in [0.2, 0.25) is 0 Å². The van der Waals surface area contributed by atoms with Crippen LogP contribution in [0, 0.1) is 0 Å². The van der Waals surface area contributed by atoms with E-state index >= 15 is 0 Å². The number of nitrogen functional groups attached to an aromatic ring is 1. The highest BCUT2D eigenvalue weighted by Gasteiger charge is 2.45. The summed E-state index contributed by atoms with van der Waals surface area (Å²) in [5, 5.41) is 0. The second-order valence-electron chi connectivity index (χ2n) is 4.38. The zero-order chi connectivity index (χ0) is 18.6. The Kier molecular flexibility index (Phi) is 6.64. The van der Waals surface area contributed by atoms with E-state index in [1.54, 1.807) is 0 Å². The Labute approximate surface area is 141 Å². The van der Waals surface area contributed by atoms with Crippen molar-refractivity contribution in [3.63, 3.8) is 0 Å². The smallest absolute Gasteiger partial charge is 0.383 e. The van der Waals surface area contributed by atoms with Crippen LogP contribution in [0.2, 0.25) is 0 Å². The number of ether oxygens (including phenoxy) is 1. The first-order valence-corrected chi connectivity index (χ1v) is 10.1. The van der Waals surface area contributed by atoms with Crippen LogP contribution < -0.4 is 11.4 Å². The Morgan fingerprint density at radius 1 is 1.40 bits per heavy atom. The summed E-state index contributed by atoms with van der Waals surface area (Å²) in [6, 6.07) is 1.40. The quantitative estimate of drug-likeness (QED) is 0.399. The minimum absolute atomic E-state index is 0.0533. The van der Waals surface area contributed by atoms with E-state index in [2.05, 4.69) is 18.1 Å². The molecule has 0 amide bonds. The first kappa shape index (κ1) is 19.9. The van der Waals surface area contributed by atoms with Crippen LogP contribution in [-0.2, 0) is 31.6 Å². The van der Waals surface area contributed by atoms with Gasteiger partial charge >= 0.3 is 30.0 Å². The van der Waals surface area contributed by atoms with Crippen molar-refractivity contribution in [3.8, 4) is 0 Å². The molecule has 1 aliphatic rings. The highest BCUT2D eigenvalue weighted by molar-refractivity contribution is 7.61. The van der Waals surface area contributed by atoms with Crippen molar-refractivity contribution in [2.75, 3.05) is 12.3 Å². The molecule has 1 aromatic heterocycles. The first-order chi connectivity index (χ1) is 11.7. The third-order valence-electron chi connectivity index (χ3n) is 2.62. The number of nitrogens with two attached hydrogens (primary N) is 1. The van der Waals surface area contributed by atoms with E-state index in [4.69, 9.17) is 20.3 Å². The fraction of sp³-hybridized carbons (Fsp3) is 0.333. The lowest BCUT2D eigenvalue weighted by atomic mass is 10.4. The van der Waals surface area contributed by atoms with Crippen LogP contribution in [-0.4, -0.2) is 32.0 Å². The van der Waals surface area contributed by atoms with Crippen LogP contribution in [0.4, 0.5) is 5.82 Å². The molecule has 1 aliphatic heterocycles. The van der Waals surface area contributed by atoms with Crippen molar-refractivity contribution in [2.24, 2.45) is 0 Å². The van der Waals surface area contributed by atoms with Crippen LogP contribution in [0.3, 0.4) is 0 Å². The summed E-state index contributed by atoms with van der Waals surface area (Å²) < 4.78 is 51.8. The summed E-state index contributed by atoms with van der Waals surface area (Å²) >= 11 is 0. The second-order valence-corrected chi connectivity index (χ2v) is 7.81. The molecule has 0 aliphatic carbocycles. The highest BCUT2D eigenvalue weighted by Crippen LogP contribution is 2.57. The van der Waals surface area contributed by atoms with Gasteiger partial charge in [-0.2, -0.15) is 4.98 Å². The number of nitrogens with zero attached hydrogens (tertiary/aromatic N) is 2. The SMILES string of the molecule is Nc1ccn(C2C=CC(CO[P+](=O)OP(=O)(O)O[P+](=O)O)O2)c(=O)n1. The highest BCUT2D eigenvalue weighted by atomic mass is 31.3. The van der Waals surface area contributed by atoms with Gasteiger partial charge in [0, 0.05) is 23.9 Å². The van der Waals surface area contributed by atoms with Crippen LogP contribution in [0.5, 0.6) is 0 Å². The number of hydrogen-bond donors (Lipinski definition) is 3. The standard InChI is InChI=1S/C9H10N3O10P3/c10-7-3-4-12(9(13)11-7)8-2-1-6(20-8)5-19-24(16)22-25(17,18)21-23(14)15/h1-4,6,8H,5H2,(H2-2,10,11,13,14,15,17,18)/p+2. The normalized spacial score (nSPS) is 23.3. The summed E-state index contributed by atoms with van der Waals surface area (Å²) in [5.41, 5.74) is 4.74. The Bertz CT molecular complexity index is 810. The molecule has 5 atom stereocenters. The zero-order valence-electron chi connectivity index (χ0n) is 12.1. The molecule has 4 N–H and O–H groups in total. The van der Waals surface area contributed by atoms with Crippen molar-refractivity contribution in [1.29, 1.82) is 0 Å². The molecule has 0 radical (unpaired) electrons. The minimum Gasteiger partial charge on any atom is -0.383 e. The number of aromatic nitrogens is 2. The molecule has 16 heteroatoms. The Morgan fingerprint density at radius 3 is 2.76 bits per heavy atom. The molecule has 25 heavy (non-hydrogen) atoms. The van der Waals surface area contributed by atoms with Crippen molar-refractivity contribution < 1.29 is 41.4 Å². The molecule has 5 unspecified atom stereocenters. The molecule has 0 spiro atoms. The van der Waals surface area contributed by atoms with Crippen LogP contribution in [0.1, 0.15) is 6.23 Å². The van der Waals surface area contributed by atoms with Crippen molar-refractivity contribution in [3.05, 3.63) is 34.9 Å². The molecule has 1 aromatic rings. The van der Waals surface area contributed by atoms with Crippen LogP contribution in [0.15, 0.2) is 29.2 Å². The first-order valence-electron chi connectivity index (χ1n) is 6.33. The third-order valence-corrected chi connectivity index (χ3v) is 5.72. The van der Waals surface area contributed by atoms with Gasteiger partial charge in [0.1, 0.15) is 18.5 Å². The molecule has 2 heterocycles. The maximum absolute atomic E-state index is 11.7. The molecule has 2 rings (SSSR count). The van der Waals surface area contributed by atoms with Crippen molar-refractivity contribution in [2.45, 2.75) is 12.3 Å². The fourth-order valence-corrected chi connectivity index (χ4v) is 3.93. The van der Waals surface area contributed by atoms with Crippen molar-refractivity contribution >= 4 is 30.2 Å². The van der Waals surface area contributed by atoms with E-state index in [9.17, 15) is 18.5 Å². The summed E-state index contributed by atoms with van der Waals surface area (Å²) in [6.45, 7) is -0.357. The molecule has 0 bridgehead atoms. The molecule has 13 nitrogen and oxygen atoms in total. The maximum Gasteiger partial charge on any atom is 0.708 e.